The zero-order valence-corrected chi connectivity index (χ0v) is 41.8. The minimum atomic E-state index is -4.06. The fraction of sp³-hybridized carbons (Fsp3) is 0.378. The molecule has 372 valence electrons. The highest BCUT2D eigenvalue weighted by Gasteiger charge is 2.39. The van der Waals surface area contributed by atoms with E-state index in [1.165, 1.54) is 36.8 Å². The average Bonchev–Trinajstić information content (AvgIpc) is 3.86. The zero-order chi connectivity index (χ0) is 50.4. The average molecular weight is 1060 g/mol. The monoisotopic (exact) mass is 1060 g/mol. The first kappa shape index (κ1) is 50.9. The standard InChI is InChI=1S/C26H27ClFN5O5S2.C19H21ClFN5O3S/c1-16-5-7-19(8-6-16)40(37,38)33-14-21(20-10-17(27)12-30-25(20)33)23-29-13-22(28)24(32-23)31-18-4-3-9-26(34,11-18)15-39(2,35)36;1-30(28,29)10-19(27)4-2-3-12(6-19)25-18-15(21)9-24-17(26-18)14-8-23-16-13(14)5-11(20)7-22-16/h5-8,10,12-14,18,34H,3-4,9,11,15H2,1-2H3,(H,29,31,32);5,7-9,12,27H,2-4,6,10H2,1H3,(H,22,23)(H,24,25,26)/t18?,26-;12?,19-/m11/s1. The van der Waals surface area contributed by atoms with Crippen molar-refractivity contribution in [2.24, 2.45) is 0 Å². The Labute approximate surface area is 412 Å². The molecular weight excluding hydrogens is 1010 g/mol. The maximum atomic E-state index is 14.9. The van der Waals surface area contributed by atoms with Crippen LogP contribution in [-0.2, 0) is 29.7 Å². The molecule has 70 heavy (non-hydrogen) atoms. The number of pyridine rings is 2. The third-order valence-electron chi connectivity index (χ3n) is 12.0. The van der Waals surface area contributed by atoms with E-state index in [1.54, 1.807) is 24.4 Å². The summed E-state index contributed by atoms with van der Waals surface area (Å²) in [7, 11) is -10.8. The van der Waals surface area contributed by atoms with Gasteiger partial charge in [0.2, 0.25) is 0 Å². The maximum Gasteiger partial charge on any atom is 0.269 e. The molecule has 0 amide bonds. The van der Waals surface area contributed by atoms with Gasteiger partial charge in [0, 0.05) is 71.3 Å². The first-order valence-corrected chi connectivity index (χ1v) is 28.2. The molecule has 4 atom stereocenters. The molecular formula is C45H48Cl2F2N10O8S3. The summed E-state index contributed by atoms with van der Waals surface area (Å²) in [5.41, 5.74) is -0.281. The van der Waals surface area contributed by atoms with E-state index in [0.29, 0.717) is 65.5 Å². The smallest absolute Gasteiger partial charge is 0.269 e. The lowest BCUT2D eigenvalue weighted by atomic mass is 9.83. The highest BCUT2D eigenvalue weighted by Crippen LogP contribution is 2.36. The zero-order valence-electron chi connectivity index (χ0n) is 37.9. The molecule has 0 spiro atoms. The van der Waals surface area contributed by atoms with E-state index in [2.05, 4.69) is 45.5 Å². The summed E-state index contributed by atoms with van der Waals surface area (Å²) < 4.78 is 104. The number of aromatic nitrogens is 8. The van der Waals surface area contributed by atoms with Crippen LogP contribution in [0.4, 0.5) is 20.4 Å². The minimum Gasteiger partial charge on any atom is -0.389 e. The van der Waals surface area contributed by atoms with Gasteiger partial charge in [-0.15, -0.1) is 0 Å². The van der Waals surface area contributed by atoms with E-state index < -0.39 is 64.3 Å². The van der Waals surface area contributed by atoms with Gasteiger partial charge in [0.1, 0.15) is 25.3 Å². The number of anilines is 2. The molecule has 6 heterocycles. The predicted molar refractivity (Wildman–Crippen MR) is 263 cm³/mol. The lowest BCUT2D eigenvalue weighted by Gasteiger charge is -2.36. The molecule has 7 aromatic rings. The van der Waals surface area contributed by atoms with Crippen LogP contribution in [0.1, 0.15) is 56.9 Å². The van der Waals surface area contributed by atoms with Crippen LogP contribution in [0.25, 0.3) is 44.8 Å². The lowest BCUT2D eigenvalue weighted by molar-refractivity contribution is 0.0208. The number of hydrogen-bond acceptors (Lipinski definition) is 16. The topological polar surface area (TPSA) is 265 Å². The number of fused-ring (bicyclic) bond motifs is 2. The maximum absolute atomic E-state index is 14.9. The van der Waals surface area contributed by atoms with Crippen LogP contribution in [-0.4, -0.2) is 122 Å². The molecule has 18 nitrogen and oxygen atoms in total. The van der Waals surface area contributed by atoms with Crippen molar-refractivity contribution < 1.29 is 44.2 Å². The summed E-state index contributed by atoms with van der Waals surface area (Å²) in [6.45, 7) is 1.85. The second kappa shape index (κ2) is 19.6. The number of sulfone groups is 2. The Kier molecular flexibility index (Phi) is 14.3. The number of H-pyrrole nitrogens is 1. The molecule has 6 aromatic heterocycles. The van der Waals surface area contributed by atoms with Crippen LogP contribution in [0, 0.1) is 18.6 Å². The van der Waals surface area contributed by atoms with Crippen molar-refractivity contribution in [3.63, 3.8) is 0 Å². The van der Waals surface area contributed by atoms with Crippen LogP contribution in [0.15, 0.2) is 78.5 Å². The Morgan fingerprint density at radius 3 is 1.76 bits per heavy atom. The van der Waals surface area contributed by atoms with Gasteiger partial charge in [-0.25, -0.2) is 67.9 Å². The molecule has 2 aliphatic rings. The van der Waals surface area contributed by atoms with Gasteiger partial charge < -0.3 is 25.8 Å². The SMILES string of the molecule is CS(=O)(=O)C[C@@]1(O)CCCC(Nc2nc(-c3c[nH]c4ncc(Cl)cc34)ncc2F)C1.Cc1ccc(S(=O)(=O)n2cc(-c3ncc(F)c(NC4CCC[C@](O)(CS(C)(=O)=O)C4)n3)c3cc(Cl)cnc32)cc1. The second-order valence-corrected chi connectivity index (χ2v) is 25.1. The molecule has 2 unspecified atom stereocenters. The van der Waals surface area contributed by atoms with Gasteiger partial charge in [0.05, 0.1) is 50.0 Å². The summed E-state index contributed by atoms with van der Waals surface area (Å²) in [4.78, 5) is 28.4. The van der Waals surface area contributed by atoms with Gasteiger partial charge in [-0.2, -0.15) is 0 Å². The highest BCUT2D eigenvalue weighted by atomic mass is 35.5. The van der Waals surface area contributed by atoms with Crippen molar-refractivity contribution in [2.75, 3.05) is 34.7 Å². The number of rotatable bonds is 12. The Hall–Kier alpha value is -5.43. The number of nitrogens with zero attached hydrogens (tertiary/aromatic N) is 7. The van der Waals surface area contributed by atoms with Crippen molar-refractivity contribution in [1.82, 2.24) is 38.9 Å². The number of halogens is 4. The first-order valence-electron chi connectivity index (χ1n) is 21.9. The molecule has 9 rings (SSSR count). The number of aryl methyl sites for hydroxylation is 1. The molecule has 1 aromatic carbocycles. The van der Waals surface area contributed by atoms with Crippen molar-refractivity contribution >= 4 is 86.6 Å². The molecule has 0 radical (unpaired) electrons. The Morgan fingerprint density at radius 2 is 1.23 bits per heavy atom. The van der Waals surface area contributed by atoms with Gasteiger partial charge in [0.15, 0.2) is 40.6 Å². The normalized spacial score (nSPS) is 21.0. The Bertz CT molecular complexity index is 3460. The van der Waals surface area contributed by atoms with Crippen LogP contribution in [0.3, 0.4) is 0 Å². The summed E-state index contributed by atoms with van der Waals surface area (Å²) in [5.74, 6) is -1.94. The highest BCUT2D eigenvalue weighted by molar-refractivity contribution is 7.91. The minimum absolute atomic E-state index is 0.00190. The molecule has 0 bridgehead atoms. The molecule has 2 aliphatic carbocycles. The largest absolute Gasteiger partial charge is 0.389 e. The number of aromatic amines is 1. The number of aliphatic hydroxyl groups is 2. The van der Waals surface area contributed by atoms with E-state index in [-0.39, 0.29) is 69.0 Å². The Balaban J connectivity index is 0.000000196. The van der Waals surface area contributed by atoms with E-state index in [1.807, 2.05) is 6.92 Å². The second-order valence-electron chi connectivity index (χ2n) is 18.2. The van der Waals surface area contributed by atoms with Gasteiger partial charge in [-0.1, -0.05) is 40.9 Å². The fourth-order valence-corrected chi connectivity index (χ4v) is 13.3. The van der Waals surface area contributed by atoms with Crippen molar-refractivity contribution in [3.8, 4) is 22.8 Å². The van der Waals surface area contributed by atoms with Gasteiger partial charge >= 0.3 is 0 Å². The fourth-order valence-electron chi connectivity index (χ4n) is 9.15. The van der Waals surface area contributed by atoms with Crippen molar-refractivity contribution in [2.45, 2.75) is 86.5 Å². The molecule has 0 saturated heterocycles. The van der Waals surface area contributed by atoms with E-state index in [0.717, 1.165) is 34.4 Å². The summed E-state index contributed by atoms with van der Waals surface area (Å²) >= 11 is 12.2. The molecule has 2 saturated carbocycles. The van der Waals surface area contributed by atoms with Crippen molar-refractivity contribution in [1.29, 1.82) is 0 Å². The van der Waals surface area contributed by atoms with Gasteiger partial charge in [0.25, 0.3) is 10.0 Å². The molecule has 0 aliphatic heterocycles. The van der Waals surface area contributed by atoms with Crippen molar-refractivity contribution in [3.05, 3.63) is 101 Å². The van der Waals surface area contributed by atoms with Gasteiger partial charge in [-0.3, -0.25) is 0 Å². The van der Waals surface area contributed by atoms with E-state index in [4.69, 9.17) is 23.2 Å². The van der Waals surface area contributed by atoms with E-state index in [9.17, 15) is 44.2 Å². The number of nitrogens with one attached hydrogen (secondary N) is 3. The van der Waals surface area contributed by atoms with Crippen LogP contribution in [0.5, 0.6) is 0 Å². The predicted octanol–water partition coefficient (Wildman–Crippen LogP) is 6.90. The quantitative estimate of drug-likeness (QED) is 0.0833. The first-order chi connectivity index (χ1) is 32.9. The lowest BCUT2D eigenvalue weighted by Crippen LogP contribution is -2.45. The van der Waals surface area contributed by atoms with Crippen LogP contribution >= 0.6 is 23.2 Å². The van der Waals surface area contributed by atoms with Crippen LogP contribution < -0.4 is 10.6 Å². The molecule has 5 N–H and O–H groups in total. The third-order valence-corrected chi connectivity index (χ3v) is 16.2. The Morgan fingerprint density at radius 1 is 0.729 bits per heavy atom. The third kappa shape index (κ3) is 11.8. The summed E-state index contributed by atoms with van der Waals surface area (Å²) in [5, 5.41) is 29.3. The van der Waals surface area contributed by atoms with Gasteiger partial charge in [-0.05, 0) is 82.6 Å². The number of hydrogen-bond donors (Lipinski definition) is 5. The van der Waals surface area contributed by atoms with E-state index >= 15 is 0 Å². The summed E-state index contributed by atoms with van der Waals surface area (Å²) in [6.07, 6.45) is 13.4. The van der Waals surface area contributed by atoms with Crippen LogP contribution in [0.2, 0.25) is 10.0 Å². The molecule has 25 heteroatoms. The molecule has 2 fully saturated rings. The number of benzene rings is 1. The summed E-state index contributed by atoms with van der Waals surface area (Å²) in [6, 6.07) is 8.86.